The Hall–Kier alpha value is -1.03. The molecule has 0 saturated heterocycles. The van der Waals surface area contributed by atoms with Gasteiger partial charge >= 0.3 is 0 Å². The molecule has 1 aromatic rings. The van der Waals surface area contributed by atoms with Crippen LogP contribution in [0.2, 0.25) is 0 Å². The number of nitrogens with one attached hydrogen (secondary N) is 1. The highest BCUT2D eigenvalue weighted by Crippen LogP contribution is 2.13. The predicted octanol–water partition coefficient (Wildman–Crippen LogP) is 2.03. The van der Waals surface area contributed by atoms with Crippen LogP contribution >= 0.6 is 0 Å². The molecule has 1 N–H and O–H groups in total. The van der Waals surface area contributed by atoms with Gasteiger partial charge in [0.05, 0.1) is 11.9 Å². The van der Waals surface area contributed by atoms with Crippen LogP contribution in [0.3, 0.4) is 0 Å². The van der Waals surface area contributed by atoms with Crippen molar-refractivity contribution in [3.8, 4) is 0 Å². The molecule has 0 fully saturated rings. The number of nitrogens with zero attached hydrogens (tertiary/aromatic N) is 1. The summed E-state index contributed by atoms with van der Waals surface area (Å²) in [6.45, 7) is 4.42. The van der Waals surface area contributed by atoms with Gasteiger partial charge in [-0.1, -0.05) is 6.92 Å². The Balaban J connectivity index is 2.88. The lowest BCUT2D eigenvalue weighted by Crippen LogP contribution is -2.20. The van der Waals surface area contributed by atoms with Crippen molar-refractivity contribution in [2.75, 3.05) is 6.54 Å². The van der Waals surface area contributed by atoms with Gasteiger partial charge in [0.2, 0.25) is 0 Å². The van der Waals surface area contributed by atoms with Crippen molar-refractivity contribution in [1.82, 2.24) is 10.3 Å². The lowest BCUT2D eigenvalue weighted by Gasteiger charge is -2.11. The molecule has 0 amide bonds. The van der Waals surface area contributed by atoms with Gasteiger partial charge in [-0.3, -0.25) is 4.98 Å². The monoisotopic (exact) mass is 186 g/mol. The standard InChI is InChI=1S/C9H12F2N2/c1-3-12-6(2)9-8(11)4-7(10)5-13-9/h4-6,12H,3H2,1-2H3/t6-/m1/s1. The lowest BCUT2D eigenvalue weighted by molar-refractivity contribution is 0.508. The summed E-state index contributed by atoms with van der Waals surface area (Å²) in [7, 11) is 0. The molecule has 0 aliphatic carbocycles. The summed E-state index contributed by atoms with van der Waals surface area (Å²) in [5.74, 6) is -1.25. The SMILES string of the molecule is CCN[C@H](C)c1ncc(F)cc1F. The number of hydrogen-bond donors (Lipinski definition) is 1. The van der Waals surface area contributed by atoms with E-state index in [1.165, 1.54) is 0 Å². The van der Waals surface area contributed by atoms with Crippen molar-refractivity contribution in [3.05, 3.63) is 29.6 Å². The normalized spacial score (nSPS) is 12.9. The number of aromatic nitrogens is 1. The van der Waals surface area contributed by atoms with Crippen LogP contribution < -0.4 is 5.32 Å². The first-order chi connectivity index (χ1) is 6.15. The van der Waals surface area contributed by atoms with Crippen LogP contribution in [-0.4, -0.2) is 11.5 Å². The maximum absolute atomic E-state index is 13.1. The molecule has 0 saturated carbocycles. The summed E-state index contributed by atoms with van der Waals surface area (Å²) in [6, 6.07) is 0.654. The predicted molar refractivity (Wildman–Crippen MR) is 46.2 cm³/mol. The fraction of sp³-hybridized carbons (Fsp3) is 0.444. The molecule has 0 unspecified atom stereocenters. The van der Waals surface area contributed by atoms with E-state index in [4.69, 9.17) is 0 Å². The highest BCUT2D eigenvalue weighted by atomic mass is 19.1. The van der Waals surface area contributed by atoms with Gasteiger partial charge in [-0.25, -0.2) is 8.78 Å². The molecule has 2 nitrogen and oxygen atoms in total. The van der Waals surface area contributed by atoms with Gasteiger partial charge in [-0.05, 0) is 13.5 Å². The first kappa shape index (κ1) is 10.1. The Morgan fingerprint density at radius 1 is 1.54 bits per heavy atom. The molecular weight excluding hydrogens is 174 g/mol. The summed E-state index contributed by atoms with van der Waals surface area (Å²) < 4.78 is 25.6. The zero-order valence-electron chi connectivity index (χ0n) is 7.64. The third-order valence-corrected chi connectivity index (χ3v) is 1.76. The van der Waals surface area contributed by atoms with E-state index in [1.54, 1.807) is 6.92 Å². The zero-order valence-corrected chi connectivity index (χ0v) is 7.64. The van der Waals surface area contributed by atoms with Gasteiger partial charge in [0, 0.05) is 12.1 Å². The maximum Gasteiger partial charge on any atom is 0.149 e. The van der Waals surface area contributed by atoms with Crippen LogP contribution in [0, 0.1) is 11.6 Å². The second kappa shape index (κ2) is 4.28. The van der Waals surface area contributed by atoms with E-state index >= 15 is 0 Å². The van der Waals surface area contributed by atoms with Gasteiger partial charge in [-0.2, -0.15) is 0 Å². The fourth-order valence-electron chi connectivity index (χ4n) is 1.15. The minimum atomic E-state index is -0.648. The number of hydrogen-bond acceptors (Lipinski definition) is 2. The molecule has 0 aliphatic heterocycles. The molecule has 0 radical (unpaired) electrons. The van der Waals surface area contributed by atoms with Crippen molar-refractivity contribution >= 4 is 0 Å². The Morgan fingerprint density at radius 2 is 2.23 bits per heavy atom. The molecule has 0 aromatic carbocycles. The van der Waals surface area contributed by atoms with Crippen molar-refractivity contribution in [2.45, 2.75) is 19.9 Å². The van der Waals surface area contributed by atoms with E-state index in [9.17, 15) is 8.78 Å². The fourth-order valence-corrected chi connectivity index (χ4v) is 1.15. The summed E-state index contributed by atoms with van der Waals surface area (Å²) in [6.07, 6.45) is 1.02. The average molecular weight is 186 g/mol. The minimum Gasteiger partial charge on any atom is -0.309 e. The first-order valence-electron chi connectivity index (χ1n) is 4.19. The second-order valence-corrected chi connectivity index (χ2v) is 2.80. The van der Waals surface area contributed by atoms with E-state index < -0.39 is 11.6 Å². The van der Waals surface area contributed by atoms with E-state index in [0.717, 1.165) is 18.8 Å². The second-order valence-electron chi connectivity index (χ2n) is 2.80. The van der Waals surface area contributed by atoms with Gasteiger partial charge in [0.15, 0.2) is 0 Å². The molecule has 1 rings (SSSR count). The summed E-state index contributed by atoms with van der Waals surface area (Å²) >= 11 is 0. The van der Waals surface area contributed by atoms with E-state index in [1.807, 2.05) is 6.92 Å². The summed E-state index contributed by atoms with van der Waals surface area (Å²) in [5.41, 5.74) is 0.253. The van der Waals surface area contributed by atoms with Crippen LogP contribution in [0.15, 0.2) is 12.3 Å². The first-order valence-corrected chi connectivity index (χ1v) is 4.19. The van der Waals surface area contributed by atoms with Gasteiger partial charge < -0.3 is 5.32 Å². The van der Waals surface area contributed by atoms with Gasteiger partial charge in [0.25, 0.3) is 0 Å². The van der Waals surface area contributed by atoms with E-state index in [0.29, 0.717) is 0 Å². The maximum atomic E-state index is 13.1. The van der Waals surface area contributed by atoms with Crippen molar-refractivity contribution in [3.63, 3.8) is 0 Å². The Kier molecular flexibility index (Phi) is 3.31. The summed E-state index contributed by atoms with van der Waals surface area (Å²) in [4.78, 5) is 3.68. The van der Waals surface area contributed by atoms with Crippen molar-refractivity contribution in [2.24, 2.45) is 0 Å². The van der Waals surface area contributed by atoms with Crippen molar-refractivity contribution in [1.29, 1.82) is 0 Å². The molecule has 1 atom stereocenters. The molecule has 0 aliphatic rings. The third-order valence-electron chi connectivity index (χ3n) is 1.76. The largest absolute Gasteiger partial charge is 0.309 e. The topological polar surface area (TPSA) is 24.9 Å². The average Bonchev–Trinajstić information content (AvgIpc) is 2.04. The molecule has 0 spiro atoms. The molecule has 0 bridgehead atoms. The molecule has 1 aromatic heterocycles. The summed E-state index contributed by atoms with van der Waals surface area (Å²) in [5, 5.41) is 3.00. The zero-order chi connectivity index (χ0) is 9.84. The molecular formula is C9H12F2N2. The molecule has 13 heavy (non-hydrogen) atoms. The van der Waals surface area contributed by atoms with Gasteiger partial charge in [0.1, 0.15) is 11.6 Å². The van der Waals surface area contributed by atoms with Crippen LogP contribution in [0.4, 0.5) is 8.78 Å². The molecule has 4 heteroatoms. The van der Waals surface area contributed by atoms with Crippen LogP contribution in [0.1, 0.15) is 25.6 Å². The number of pyridine rings is 1. The Labute approximate surface area is 76.0 Å². The highest BCUT2D eigenvalue weighted by molar-refractivity contribution is 5.11. The van der Waals surface area contributed by atoms with Crippen LogP contribution in [-0.2, 0) is 0 Å². The van der Waals surface area contributed by atoms with E-state index in [-0.39, 0.29) is 11.7 Å². The Morgan fingerprint density at radius 3 is 2.77 bits per heavy atom. The van der Waals surface area contributed by atoms with Gasteiger partial charge in [-0.15, -0.1) is 0 Å². The molecule has 72 valence electrons. The number of rotatable bonds is 3. The van der Waals surface area contributed by atoms with Crippen molar-refractivity contribution < 1.29 is 8.78 Å². The third kappa shape index (κ3) is 2.45. The smallest absolute Gasteiger partial charge is 0.149 e. The lowest BCUT2D eigenvalue weighted by atomic mass is 10.2. The van der Waals surface area contributed by atoms with E-state index in [2.05, 4.69) is 10.3 Å². The Bertz CT molecular complexity index is 289. The molecule has 1 heterocycles. The quantitative estimate of drug-likeness (QED) is 0.781. The highest BCUT2D eigenvalue weighted by Gasteiger charge is 2.11. The van der Waals surface area contributed by atoms with Crippen LogP contribution in [0.5, 0.6) is 0 Å². The minimum absolute atomic E-state index is 0.189. The van der Waals surface area contributed by atoms with Crippen LogP contribution in [0.25, 0.3) is 0 Å². The number of halogens is 2.